The van der Waals surface area contributed by atoms with Crippen LogP contribution in [0.3, 0.4) is 0 Å². The van der Waals surface area contributed by atoms with E-state index in [9.17, 15) is 9.90 Å². The van der Waals surface area contributed by atoms with Crippen molar-refractivity contribution in [3.05, 3.63) is 64.2 Å². The molecule has 0 saturated heterocycles. The molecule has 0 saturated carbocycles. The summed E-state index contributed by atoms with van der Waals surface area (Å²) in [5.74, 6) is 0.281. The van der Waals surface area contributed by atoms with Gasteiger partial charge < -0.3 is 19.9 Å². The second kappa shape index (κ2) is 9.82. The van der Waals surface area contributed by atoms with Crippen LogP contribution < -0.4 is 10.1 Å². The van der Waals surface area contributed by atoms with Crippen LogP contribution in [0.25, 0.3) is 0 Å². The lowest BCUT2D eigenvalue weighted by Gasteiger charge is -2.28. The van der Waals surface area contributed by atoms with Crippen molar-refractivity contribution < 1.29 is 19.4 Å². The topological polar surface area (TPSA) is 67.8 Å². The predicted octanol–water partition coefficient (Wildman–Crippen LogP) is 4.24. The van der Waals surface area contributed by atoms with Crippen LogP contribution >= 0.6 is 11.6 Å². The summed E-state index contributed by atoms with van der Waals surface area (Å²) in [6.07, 6.45) is 2.20. The number of aliphatic hydroxyl groups is 1. The van der Waals surface area contributed by atoms with Gasteiger partial charge in [-0.3, -0.25) is 0 Å². The molecule has 6 heteroatoms. The lowest BCUT2D eigenvalue weighted by atomic mass is 9.88. The molecule has 2 N–H and O–H groups in total. The highest BCUT2D eigenvalue weighted by atomic mass is 35.5. The van der Waals surface area contributed by atoms with Gasteiger partial charge in [-0.1, -0.05) is 29.8 Å². The molecule has 0 fully saturated rings. The molecule has 0 aliphatic heterocycles. The van der Waals surface area contributed by atoms with E-state index in [1.54, 1.807) is 32.9 Å². The highest BCUT2D eigenvalue weighted by Gasteiger charge is 2.32. The highest BCUT2D eigenvalue weighted by Crippen LogP contribution is 2.28. The van der Waals surface area contributed by atoms with E-state index in [-0.39, 0.29) is 12.0 Å². The van der Waals surface area contributed by atoms with Crippen molar-refractivity contribution in [2.24, 2.45) is 0 Å². The summed E-state index contributed by atoms with van der Waals surface area (Å²) >= 11 is 6.02. The van der Waals surface area contributed by atoms with Crippen LogP contribution in [0.5, 0.6) is 5.75 Å². The summed E-state index contributed by atoms with van der Waals surface area (Å²) in [5, 5.41) is 14.5. The smallest absolute Gasteiger partial charge is 0.349 e. The van der Waals surface area contributed by atoms with Crippen LogP contribution in [0, 0.1) is 0 Å². The Labute approximate surface area is 183 Å². The van der Waals surface area contributed by atoms with Crippen LogP contribution in [-0.2, 0) is 22.4 Å². The van der Waals surface area contributed by atoms with E-state index >= 15 is 0 Å². The summed E-state index contributed by atoms with van der Waals surface area (Å²) in [7, 11) is 0. The Bertz CT molecular complexity index is 883. The zero-order chi connectivity index (χ0) is 21.7. The molecule has 3 rings (SSSR count). The molecule has 0 aromatic heterocycles. The average Bonchev–Trinajstić information content (AvgIpc) is 2.71. The predicted molar refractivity (Wildman–Crippen MR) is 118 cm³/mol. The number of rotatable bonds is 8. The van der Waals surface area contributed by atoms with Crippen molar-refractivity contribution in [3.63, 3.8) is 0 Å². The third-order valence-corrected chi connectivity index (χ3v) is 5.61. The number of ether oxygens (including phenoxy) is 2. The first-order chi connectivity index (χ1) is 14.3. The number of nitrogens with one attached hydrogen (secondary N) is 1. The number of halogens is 1. The third kappa shape index (κ3) is 5.75. The molecule has 0 spiro atoms. The Kier molecular flexibility index (Phi) is 7.40. The van der Waals surface area contributed by atoms with Gasteiger partial charge in [-0.15, -0.1) is 0 Å². The minimum absolute atomic E-state index is 0.264. The summed E-state index contributed by atoms with van der Waals surface area (Å²) in [6, 6.07) is 13.6. The second-order valence-electron chi connectivity index (χ2n) is 8.18. The van der Waals surface area contributed by atoms with E-state index < -0.39 is 11.7 Å². The van der Waals surface area contributed by atoms with Gasteiger partial charge >= 0.3 is 5.97 Å². The SMILES string of the molecule is CCOC(=O)C(C)(C)Oc1ccc2c(c1)CC(NCC(O)c1cccc(Cl)c1)CC2. The number of fused-ring (bicyclic) bond motifs is 1. The van der Waals surface area contributed by atoms with E-state index in [0.29, 0.717) is 23.9 Å². The Morgan fingerprint density at radius 1 is 1.27 bits per heavy atom. The lowest BCUT2D eigenvalue weighted by molar-refractivity contribution is -0.158. The van der Waals surface area contributed by atoms with Crippen molar-refractivity contribution in [2.45, 2.75) is 57.8 Å². The van der Waals surface area contributed by atoms with Gasteiger partial charge in [0.2, 0.25) is 0 Å². The molecule has 5 nitrogen and oxygen atoms in total. The van der Waals surface area contributed by atoms with Gasteiger partial charge in [0.05, 0.1) is 12.7 Å². The van der Waals surface area contributed by atoms with E-state index in [2.05, 4.69) is 11.4 Å². The second-order valence-corrected chi connectivity index (χ2v) is 8.62. The minimum Gasteiger partial charge on any atom is -0.476 e. The van der Waals surface area contributed by atoms with Gasteiger partial charge in [0, 0.05) is 17.6 Å². The number of esters is 1. The van der Waals surface area contributed by atoms with Crippen molar-refractivity contribution in [1.82, 2.24) is 5.32 Å². The molecular weight excluding hydrogens is 402 g/mol. The molecule has 2 unspecified atom stereocenters. The first kappa shape index (κ1) is 22.6. The van der Waals surface area contributed by atoms with Gasteiger partial charge in [0.1, 0.15) is 5.75 Å². The number of carbonyl (C=O) groups is 1. The van der Waals surface area contributed by atoms with E-state index in [0.717, 1.165) is 24.8 Å². The fourth-order valence-corrected chi connectivity index (χ4v) is 3.92. The van der Waals surface area contributed by atoms with Crippen molar-refractivity contribution in [3.8, 4) is 5.75 Å². The first-order valence-electron chi connectivity index (χ1n) is 10.4. The molecule has 0 heterocycles. The van der Waals surface area contributed by atoms with E-state index in [1.807, 2.05) is 24.3 Å². The fourth-order valence-electron chi connectivity index (χ4n) is 3.72. The lowest BCUT2D eigenvalue weighted by Crippen LogP contribution is -2.40. The maximum atomic E-state index is 12.1. The van der Waals surface area contributed by atoms with Crippen molar-refractivity contribution >= 4 is 17.6 Å². The zero-order valence-corrected chi connectivity index (χ0v) is 18.5. The number of benzene rings is 2. The Morgan fingerprint density at radius 3 is 2.80 bits per heavy atom. The van der Waals surface area contributed by atoms with Crippen molar-refractivity contribution in [1.29, 1.82) is 0 Å². The molecule has 162 valence electrons. The Balaban J connectivity index is 1.61. The van der Waals surface area contributed by atoms with Crippen molar-refractivity contribution in [2.75, 3.05) is 13.2 Å². The molecule has 0 bridgehead atoms. The van der Waals surface area contributed by atoms with Crippen LogP contribution in [0.1, 0.15) is 50.0 Å². The average molecular weight is 432 g/mol. The van der Waals surface area contributed by atoms with Gasteiger partial charge in [-0.25, -0.2) is 4.79 Å². The number of hydrogen-bond acceptors (Lipinski definition) is 5. The quantitative estimate of drug-likeness (QED) is 0.612. The largest absolute Gasteiger partial charge is 0.476 e. The van der Waals surface area contributed by atoms with E-state index in [1.165, 1.54) is 11.1 Å². The van der Waals surface area contributed by atoms with Gasteiger partial charge in [-0.2, -0.15) is 0 Å². The molecule has 2 atom stereocenters. The Hall–Kier alpha value is -2.08. The summed E-state index contributed by atoms with van der Waals surface area (Å²) in [6.45, 7) is 6.00. The number of hydrogen-bond donors (Lipinski definition) is 2. The molecule has 30 heavy (non-hydrogen) atoms. The minimum atomic E-state index is -1.04. The fraction of sp³-hybridized carbons (Fsp3) is 0.458. The number of aliphatic hydroxyl groups excluding tert-OH is 1. The monoisotopic (exact) mass is 431 g/mol. The number of aryl methyl sites for hydroxylation is 1. The first-order valence-corrected chi connectivity index (χ1v) is 10.8. The molecule has 0 amide bonds. The Morgan fingerprint density at radius 2 is 2.07 bits per heavy atom. The molecule has 2 aromatic rings. The molecule has 0 radical (unpaired) electrons. The molecular formula is C24H30ClNO4. The molecule has 1 aliphatic carbocycles. The third-order valence-electron chi connectivity index (χ3n) is 5.38. The van der Waals surface area contributed by atoms with Crippen LogP contribution in [0.15, 0.2) is 42.5 Å². The molecule has 2 aromatic carbocycles. The van der Waals surface area contributed by atoms with Crippen LogP contribution in [0.4, 0.5) is 0 Å². The standard InChI is InChI=1S/C24H30ClNO4/c1-4-29-23(28)24(2,3)30-21-11-9-16-8-10-20(13-18(16)14-21)26-15-22(27)17-6-5-7-19(25)12-17/h5-7,9,11-12,14,20,22,26-27H,4,8,10,13,15H2,1-3H3. The number of carbonyl (C=O) groups excluding carboxylic acids is 1. The van der Waals surface area contributed by atoms with Gasteiger partial charge in [-0.05, 0) is 81.0 Å². The van der Waals surface area contributed by atoms with Gasteiger partial charge in [0.15, 0.2) is 5.60 Å². The van der Waals surface area contributed by atoms with Gasteiger partial charge in [0.25, 0.3) is 0 Å². The summed E-state index contributed by atoms with van der Waals surface area (Å²) < 4.78 is 11.0. The normalized spacial score (nSPS) is 17.2. The summed E-state index contributed by atoms with van der Waals surface area (Å²) in [4.78, 5) is 12.1. The van der Waals surface area contributed by atoms with Crippen LogP contribution in [0.2, 0.25) is 5.02 Å². The highest BCUT2D eigenvalue weighted by molar-refractivity contribution is 6.30. The van der Waals surface area contributed by atoms with Crippen LogP contribution in [-0.4, -0.2) is 35.9 Å². The van der Waals surface area contributed by atoms with E-state index in [4.69, 9.17) is 21.1 Å². The maximum absolute atomic E-state index is 12.1. The summed E-state index contributed by atoms with van der Waals surface area (Å²) in [5.41, 5.74) is 2.26. The maximum Gasteiger partial charge on any atom is 0.349 e. The molecule has 1 aliphatic rings. The zero-order valence-electron chi connectivity index (χ0n) is 17.8.